The molecule has 6 N–H and O–H groups in total. The van der Waals surface area contributed by atoms with Gasteiger partial charge in [0.25, 0.3) is 0 Å². The maximum atomic E-state index is 13.4. The number of hydrogen-bond donors (Lipinski definition) is 5. The van der Waals surface area contributed by atoms with Crippen molar-refractivity contribution < 1.29 is 13.9 Å². The molecule has 6 unspecified atom stereocenters. The second kappa shape index (κ2) is 6.73. The lowest BCUT2D eigenvalue weighted by Crippen LogP contribution is -2.61. The van der Waals surface area contributed by atoms with Crippen LogP contribution >= 0.6 is 0 Å². The van der Waals surface area contributed by atoms with Crippen molar-refractivity contribution in [2.75, 3.05) is 33.3 Å². The van der Waals surface area contributed by atoms with Crippen LogP contribution in [-0.4, -0.2) is 74.9 Å². The molecule has 3 saturated heterocycles. The zero-order chi connectivity index (χ0) is 15.7. The Bertz CT molecular complexity index is 414. The van der Waals surface area contributed by atoms with Gasteiger partial charge in [0.15, 0.2) is 0 Å². The molecule has 0 spiro atoms. The number of amides is 1. The Labute approximate surface area is 129 Å². The van der Waals surface area contributed by atoms with E-state index in [4.69, 9.17) is 10.5 Å². The maximum Gasteiger partial charge on any atom is 0.229 e. The Morgan fingerprint density at radius 2 is 2.27 bits per heavy atom. The summed E-state index contributed by atoms with van der Waals surface area (Å²) in [6.45, 7) is 2.03. The highest BCUT2D eigenvalue weighted by molar-refractivity contribution is 5.80. The first-order chi connectivity index (χ1) is 10.6. The van der Waals surface area contributed by atoms with Gasteiger partial charge in [-0.15, -0.1) is 0 Å². The molecule has 0 aliphatic carbocycles. The van der Waals surface area contributed by atoms with Crippen LogP contribution in [0.3, 0.4) is 0 Å². The molecule has 3 rings (SSSR count). The first-order valence-electron chi connectivity index (χ1n) is 7.80. The van der Waals surface area contributed by atoms with Crippen molar-refractivity contribution in [3.8, 4) is 0 Å². The summed E-state index contributed by atoms with van der Waals surface area (Å²) in [7, 11) is 1.66. The Kier molecular flexibility index (Phi) is 4.91. The molecule has 0 saturated carbocycles. The lowest BCUT2D eigenvalue weighted by atomic mass is 9.99. The molecule has 1 amide bonds. The molecule has 126 valence electrons. The molecule has 0 aromatic heterocycles. The number of hydrogen-bond acceptors (Lipinski definition) is 7. The van der Waals surface area contributed by atoms with Gasteiger partial charge in [0.2, 0.25) is 5.91 Å². The Morgan fingerprint density at radius 3 is 3.05 bits per heavy atom. The molecule has 3 fully saturated rings. The quantitative estimate of drug-likeness (QED) is 0.391. The minimum absolute atomic E-state index is 0.00132. The van der Waals surface area contributed by atoms with Gasteiger partial charge in [-0.05, 0) is 13.0 Å². The molecule has 0 radical (unpaired) electrons. The number of rotatable bonds is 3. The van der Waals surface area contributed by atoms with Crippen LogP contribution in [-0.2, 0) is 9.53 Å². The largest absolute Gasteiger partial charge is 0.379 e. The minimum atomic E-state index is -0.960. The number of ether oxygens (including phenoxy) is 1. The second-order valence-corrected chi connectivity index (χ2v) is 6.17. The average Bonchev–Trinajstić information content (AvgIpc) is 2.82. The van der Waals surface area contributed by atoms with E-state index in [1.54, 1.807) is 12.1 Å². The summed E-state index contributed by atoms with van der Waals surface area (Å²) in [6.07, 6.45) is -0.909. The van der Waals surface area contributed by atoms with E-state index in [1.807, 2.05) is 0 Å². The fourth-order valence-electron chi connectivity index (χ4n) is 3.52. The van der Waals surface area contributed by atoms with Crippen LogP contribution in [0.5, 0.6) is 0 Å². The molecule has 0 aromatic rings. The number of nitrogens with one attached hydrogen (secondary N) is 4. The zero-order valence-corrected chi connectivity index (χ0v) is 12.7. The van der Waals surface area contributed by atoms with Crippen LogP contribution < -0.4 is 27.1 Å². The van der Waals surface area contributed by atoms with Crippen molar-refractivity contribution >= 4 is 5.91 Å². The number of methoxy groups -OCH3 is 1. The third kappa shape index (κ3) is 3.10. The van der Waals surface area contributed by atoms with E-state index in [9.17, 15) is 9.18 Å². The highest BCUT2D eigenvalue weighted by atomic mass is 19.1. The van der Waals surface area contributed by atoms with Crippen molar-refractivity contribution in [3.05, 3.63) is 0 Å². The summed E-state index contributed by atoms with van der Waals surface area (Å²) in [5.74, 6) is -0.597. The third-order valence-corrected chi connectivity index (χ3v) is 4.67. The number of nitrogens with zero attached hydrogens (tertiary/aromatic N) is 1. The molecule has 6 atom stereocenters. The molecule has 9 heteroatoms. The van der Waals surface area contributed by atoms with Crippen molar-refractivity contribution in [2.45, 2.75) is 37.1 Å². The smallest absolute Gasteiger partial charge is 0.229 e. The molecular weight excluding hydrogens is 291 g/mol. The number of carbonyl (C=O) groups excluding carboxylic acids is 1. The van der Waals surface area contributed by atoms with Crippen LogP contribution in [0.2, 0.25) is 0 Å². The first kappa shape index (κ1) is 16.0. The van der Waals surface area contributed by atoms with Crippen molar-refractivity contribution in [2.24, 2.45) is 11.7 Å². The normalized spacial score (nSPS) is 42.9. The van der Waals surface area contributed by atoms with Crippen molar-refractivity contribution in [3.63, 3.8) is 0 Å². The fraction of sp³-hybridized carbons (Fsp3) is 0.923. The molecule has 3 aliphatic rings. The van der Waals surface area contributed by atoms with Gasteiger partial charge < -0.3 is 21.1 Å². The van der Waals surface area contributed by atoms with Gasteiger partial charge in [0, 0.05) is 26.7 Å². The summed E-state index contributed by atoms with van der Waals surface area (Å²) < 4.78 is 18.9. The van der Waals surface area contributed by atoms with Crippen LogP contribution in [0, 0.1) is 5.92 Å². The molecule has 22 heavy (non-hydrogen) atoms. The van der Waals surface area contributed by atoms with Crippen LogP contribution in [0.15, 0.2) is 0 Å². The van der Waals surface area contributed by atoms with Gasteiger partial charge in [-0.25, -0.2) is 14.8 Å². The summed E-state index contributed by atoms with van der Waals surface area (Å²) in [4.78, 5) is 12.6. The van der Waals surface area contributed by atoms with E-state index in [-0.39, 0.29) is 37.3 Å². The number of halogens is 1. The Morgan fingerprint density at radius 1 is 1.45 bits per heavy atom. The van der Waals surface area contributed by atoms with Crippen LogP contribution in [0.4, 0.5) is 4.39 Å². The Balaban J connectivity index is 1.64. The first-order valence-corrected chi connectivity index (χ1v) is 7.80. The zero-order valence-electron chi connectivity index (χ0n) is 12.7. The molecule has 3 aliphatic heterocycles. The standard InChI is InChI=1S/C13H25FN6O2/c1-22-9-2-3-16-5-8(9)18-13(21)10-11(15)19-20-6-7(14)4-17-12(10)20/h7-12,16-17,19H,2-6,15H2,1H3,(H,18,21). The summed E-state index contributed by atoms with van der Waals surface area (Å²) in [5, 5.41) is 11.0. The molecule has 3 heterocycles. The van der Waals surface area contributed by atoms with Crippen molar-refractivity contribution in [1.29, 1.82) is 0 Å². The van der Waals surface area contributed by atoms with E-state index >= 15 is 0 Å². The van der Waals surface area contributed by atoms with Gasteiger partial charge in [-0.1, -0.05) is 0 Å². The summed E-state index contributed by atoms with van der Waals surface area (Å²) in [6, 6.07) is -0.0787. The van der Waals surface area contributed by atoms with Gasteiger partial charge in [0.1, 0.15) is 6.17 Å². The number of fused-ring (bicyclic) bond motifs is 1. The van der Waals surface area contributed by atoms with E-state index in [2.05, 4.69) is 21.4 Å². The Hall–Kier alpha value is -0.840. The molecule has 0 aromatic carbocycles. The number of alkyl halides is 1. The van der Waals surface area contributed by atoms with Gasteiger partial charge in [-0.2, -0.15) is 0 Å². The van der Waals surface area contributed by atoms with Gasteiger partial charge in [0.05, 0.1) is 30.4 Å². The SMILES string of the molecule is COC1CCNCC1NC(=O)C1C(N)NN2CC(F)CNC12. The number of piperidine rings is 1. The van der Waals surface area contributed by atoms with Gasteiger partial charge in [-0.3, -0.25) is 10.1 Å². The number of hydrazine groups is 1. The van der Waals surface area contributed by atoms with Crippen LogP contribution in [0.25, 0.3) is 0 Å². The van der Waals surface area contributed by atoms with Crippen LogP contribution in [0.1, 0.15) is 6.42 Å². The molecule has 8 nitrogen and oxygen atoms in total. The molecule has 0 bridgehead atoms. The predicted molar refractivity (Wildman–Crippen MR) is 78.2 cm³/mol. The molecular formula is C13H25FN6O2. The predicted octanol–water partition coefficient (Wildman–Crippen LogP) is -2.53. The number of nitrogens with two attached hydrogens (primary N) is 1. The monoisotopic (exact) mass is 316 g/mol. The van der Waals surface area contributed by atoms with E-state index in [0.29, 0.717) is 6.54 Å². The summed E-state index contributed by atoms with van der Waals surface area (Å²) in [5.41, 5.74) is 9.01. The van der Waals surface area contributed by atoms with E-state index in [0.717, 1.165) is 13.0 Å². The van der Waals surface area contributed by atoms with E-state index in [1.165, 1.54) is 0 Å². The average molecular weight is 316 g/mol. The van der Waals surface area contributed by atoms with Crippen molar-refractivity contribution in [1.82, 2.24) is 26.4 Å². The minimum Gasteiger partial charge on any atom is -0.379 e. The third-order valence-electron chi connectivity index (χ3n) is 4.67. The lowest BCUT2D eigenvalue weighted by Gasteiger charge is -2.35. The topological polar surface area (TPSA) is 104 Å². The lowest BCUT2D eigenvalue weighted by molar-refractivity contribution is -0.128. The highest BCUT2D eigenvalue weighted by Gasteiger charge is 2.47. The second-order valence-electron chi connectivity index (χ2n) is 6.17. The van der Waals surface area contributed by atoms with Gasteiger partial charge >= 0.3 is 0 Å². The van der Waals surface area contributed by atoms with E-state index < -0.39 is 18.3 Å². The maximum absolute atomic E-state index is 13.4. The number of carbonyl (C=O) groups is 1. The summed E-state index contributed by atoms with van der Waals surface area (Å²) >= 11 is 0. The fourth-order valence-corrected chi connectivity index (χ4v) is 3.52. The highest BCUT2D eigenvalue weighted by Crippen LogP contribution is 2.22.